The fourth-order valence-corrected chi connectivity index (χ4v) is 2.43. The van der Waals surface area contributed by atoms with Crippen molar-refractivity contribution in [1.82, 2.24) is 5.32 Å². The van der Waals surface area contributed by atoms with Gasteiger partial charge in [0.2, 0.25) is 5.91 Å². The molecule has 0 spiro atoms. The molecule has 0 saturated carbocycles. The molecule has 1 aliphatic heterocycles. The van der Waals surface area contributed by atoms with Crippen molar-refractivity contribution in [2.24, 2.45) is 5.92 Å². The molecule has 1 heterocycles. The van der Waals surface area contributed by atoms with Crippen molar-refractivity contribution in [1.29, 1.82) is 0 Å². The van der Waals surface area contributed by atoms with Gasteiger partial charge in [0, 0.05) is 0 Å². The topological polar surface area (TPSA) is 67.8 Å². The predicted molar refractivity (Wildman–Crippen MR) is 79.0 cm³/mol. The number of benzene rings is 1. The van der Waals surface area contributed by atoms with Crippen molar-refractivity contribution in [2.45, 2.75) is 45.1 Å². The van der Waals surface area contributed by atoms with Crippen molar-refractivity contribution >= 4 is 5.91 Å². The lowest BCUT2D eigenvalue weighted by Crippen LogP contribution is -2.57. The molecule has 21 heavy (non-hydrogen) atoms. The van der Waals surface area contributed by atoms with Crippen LogP contribution in [-0.4, -0.2) is 36.6 Å². The van der Waals surface area contributed by atoms with E-state index in [1.54, 1.807) is 7.11 Å². The summed E-state index contributed by atoms with van der Waals surface area (Å²) in [5, 5.41) is 12.9. The average Bonchev–Trinajstić information content (AvgIpc) is 2.44. The number of nitrogens with one attached hydrogen (secondary N) is 1. The van der Waals surface area contributed by atoms with Crippen LogP contribution in [0.1, 0.15) is 25.8 Å². The van der Waals surface area contributed by atoms with Gasteiger partial charge >= 0.3 is 0 Å². The third-order valence-electron chi connectivity index (χ3n) is 3.57. The highest BCUT2D eigenvalue weighted by molar-refractivity contribution is 5.81. The maximum atomic E-state index is 12.0. The summed E-state index contributed by atoms with van der Waals surface area (Å²) in [6, 6.07) is 7.12. The van der Waals surface area contributed by atoms with E-state index in [1.807, 2.05) is 38.1 Å². The number of hydrogen-bond donors (Lipinski definition) is 2. The predicted octanol–water partition coefficient (Wildman–Crippen LogP) is 1.49. The molecule has 1 saturated heterocycles. The quantitative estimate of drug-likeness (QED) is 0.863. The first-order valence-electron chi connectivity index (χ1n) is 7.26. The third-order valence-corrected chi connectivity index (χ3v) is 3.57. The normalized spacial score (nSPS) is 25.8. The average molecular weight is 293 g/mol. The number of aliphatic hydroxyl groups is 1. The third kappa shape index (κ3) is 4.19. The number of hydrogen-bond acceptors (Lipinski definition) is 4. The van der Waals surface area contributed by atoms with Crippen LogP contribution in [0.2, 0.25) is 0 Å². The van der Waals surface area contributed by atoms with Gasteiger partial charge in [0.15, 0.2) is 6.29 Å². The zero-order valence-electron chi connectivity index (χ0n) is 12.7. The minimum Gasteiger partial charge on any atom is -0.497 e. The van der Waals surface area contributed by atoms with Gasteiger partial charge in [-0.05, 0) is 36.5 Å². The fourth-order valence-electron chi connectivity index (χ4n) is 2.43. The van der Waals surface area contributed by atoms with E-state index >= 15 is 0 Å². The van der Waals surface area contributed by atoms with Gasteiger partial charge in [0.05, 0.1) is 13.2 Å². The number of morpholine rings is 1. The van der Waals surface area contributed by atoms with Crippen molar-refractivity contribution in [3.63, 3.8) is 0 Å². The van der Waals surface area contributed by atoms with E-state index in [4.69, 9.17) is 9.47 Å². The Hall–Kier alpha value is -1.59. The summed E-state index contributed by atoms with van der Waals surface area (Å²) in [7, 11) is 1.61. The lowest BCUT2D eigenvalue weighted by molar-refractivity contribution is -0.191. The summed E-state index contributed by atoms with van der Waals surface area (Å²) in [6.45, 7) is 4.04. The van der Waals surface area contributed by atoms with E-state index in [-0.39, 0.29) is 5.91 Å². The van der Waals surface area contributed by atoms with E-state index in [0.29, 0.717) is 18.8 Å². The monoisotopic (exact) mass is 293 g/mol. The first kappa shape index (κ1) is 15.8. The molecule has 1 aromatic rings. The summed E-state index contributed by atoms with van der Waals surface area (Å²) in [5.41, 5.74) is 1.01. The van der Waals surface area contributed by atoms with Crippen LogP contribution in [0.15, 0.2) is 24.3 Å². The summed E-state index contributed by atoms with van der Waals surface area (Å²) in [4.78, 5) is 12.0. The van der Waals surface area contributed by atoms with Gasteiger partial charge < -0.3 is 19.9 Å². The van der Waals surface area contributed by atoms with Gasteiger partial charge in [0.1, 0.15) is 11.9 Å². The Bertz CT molecular complexity index is 472. The van der Waals surface area contributed by atoms with Gasteiger partial charge in [-0.3, -0.25) is 4.79 Å². The first-order valence-corrected chi connectivity index (χ1v) is 7.26. The molecule has 1 aliphatic rings. The number of carbonyl (C=O) groups excluding carboxylic acids is 1. The standard InChI is InChI=1S/C16H23NO4/c1-10(2)8-14-15(18)17-13(16(19)21-14)9-11-4-6-12(20-3)7-5-11/h4-7,10,13-14,16,19H,8-9H2,1-3H3,(H,17,18)/t13-,14-,16?/m0/s1. The Labute approximate surface area is 125 Å². The summed E-state index contributed by atoms with van der Waals surface area (Å²) < 4.78 is 10.6. The summed E-state index contributed by atoms with van der Waals surface area (Å²) in [6.07, 6.45) is -0.413. The van der Waals surface area contributed by atoms with Crippen LogP contribution in [0.4, 0.5) is 0 Å². The molecule has 0 bridgehead atoms. The van der Waals surface area contributed by atoms with Crippen molar-refractivity contribution in [3.8, 4) is 5.75 Å². The number of rotatable bonds is 5. The van der Waals surface area contributed by atoms with Crippen LogP contribution in [-0.2, 0) is 16.0 Å². The number of amides is 1. The molecule has 1 unspecified atom stereocenters. The molecule has 116 valence electrons. The fraction of sp³-hybridized carbons (Fsp3) is 0.562. The zero-order valence-corrected chi connectivity index (χ0v) is 12.7. The molecular weight excluding hydrogens is 270 g/mol. The second kappa shape index (κ2) is 6.91. The van der Waals surface area contributed by atoms with E-state index in [0.717, 1.165) is 11.3 Å². The van der Waals surface area contributed by atoms with Gasteiger partial charge in [-0.1, -0.05) is 26.0 Å². The molecular formula is C16H23NO4. The van der Waals surface area contributed by atoms with Crippen LogP contribution in [0.5, 0.6) is 5.75 Å². The molecule has 1 aromatic carbocycles. The van der Waals surface area contributed by atoms with Gasteiger partial charge in [0.25, 0.3) is 0 Å². The van der Waals surface area contributed by atoms with E-state index in [2.05, 4.69) is 5.32 Å². The first-order chi connectivity index (χ1) is 9.99. The Morgan fingerprint density at radius 3 is 2.57 bits per heavy atom. The van der Waals surface area contributed by atoms with Crippen LogP contribution >= 0.6 is 0 Å². The van der Waals surface area contributed by atoms with Gasteiger partial charge in [-0.2, -0.15) is 0 Å². The number of carbonyl (C=O) groups is 1. The van der Waals surface area contributed by atoms with Gasteiger partial charge in [-0.15, -0.1) is 0 Å². The maximum Gasteiger partial charge on any atom is 0.249 e. The molecule has 2 N–H and O–H groups in total. The molecule has 0 radical (unpaired) electrons. The molecule has 3 atom stereocenters. The number of methoxy groups -OCH3 is 1. The minimum atomic E-state index is -0.978. The highest BCUT2D eigenvalue weighted by Gasteiger charge is 2.35. The molecule has 0 aliphatic carbocycles. The largest absolute Gasteiger partial charge is 0.497 e. The lowest BCUT2D eigenvalue weighted by atomic mass is 10.0. The maximum absolute atomic E-state index is 12.0. The van der Waals surface area contributed by atoms with E-state index in [1.165, 1.54) is 0 Å². The molecule has 1 fully saturated rings. The van der Waals surface area contributed by atoms with Crippen molar-refractivity contribution < 1.29 is 19.4 Å². The van der Waals surface area contributed by atoms with Crippen LogP contribution in [0.3, 0.4) is 0 Å². The Balaban J connectivity index is 1.96. The second-order valence-electron chi connectivity index (χ2n) is 5.81. The summed E-state index contributed by atoms with van der Waals surface area (Å²) >= 11 is 0. The molecule has 2 rings (SSSR count). The molecule has 5 heteroatoms. The summed E-state index contributed by atoms with van der Waals surface area (Å²) in [5.74, 6) is 0.971. The Morgan fingerprint density at radius 1 is 1.33 bits per heavy atom. The smallest absolute Gasteiger partial charge is 0.249 e. The zero-order chi connectivity index (χ0) is 15.4. The second-order valence-corrected chi connectivity index (χ2v) is 5.81. The molecule has 1 amide bonds. The minimum absolute atomic E-state index is 0.146. The molecule has 5 nitrogen and oxygen atoms in total. The van der Waals surface area contributed by atoms with Crippen molar-refractivity contribution in [3.05, 3.63) is 29.8 Å². The number of aliphatic hydroxyl groups excluding tert-OH is 1. The highest BCUT2D eigenvalue weighted by Crippen LogP contribution is 2.19. The van der Waals surface area contributed by atoms with E-state index < -0.39 is 18.4 Å². The SMILES string of the molecule is COc1ccc(C[C@@H]2NC(=O)[C@H](CC(C)C)OC2O)cc1. The van der Waals surface area contributed by atoms with E-state index in [9.17, 15) is 9.90 Å². The highest BCUT2D eigenvalue weighted by atomic mass is 16.6. The lowest BCUT2D eigenvalue weighted by Gasteiger charge is -2.34. The van der Waals surface area contributed by atoms with Gasteiger partial charge in [-0.25, -0.2) is 0 Å². The van der Waals surface area contributed by atoms with Crippen LogP contribution in [0.25, 0.3) is 0 Å². The Morgan fingerprint density at radius 2 is 2.00 bits per heavy atom. The van der Waals surface area contributed by atoms with Crippen molar-refractivity contribution in [2.75, 3.05) is 7.11 Å². The Kier molecular flexibility index (Phi) is 5.20. The molecule has 0 aromatic heterocycles. The van der Waals surface area contributed by atoms with Crippen LogP contribution < -0.4 is 10.1 Å². The number of ether oxygens (including phenoxy) is 2. The van der Waals surface area contributed by atoms with Crippen LogP contribution in [0, 0.1) is 5.92 Å².